The van der Waals surface area contributed by atoms with Gasteiger partial charge in [0.05, 0.1) is 0 Å². The molecule has 8 nitrogen and oxygen atoms in total. The Kier molecular flexibility index (Phi) is 3.21. The second-order valence-corrected chi connectivity index (χ2v) is 5.04. The lowest BCUT2D eigenvalue weighted by Crippen LogP contribution is -2.32. The van der Waals surface area contributed by atoms with Crippen LogP contribution >= 0.6 is 0 Å². The first-order valence-electron chi connectivity index (χ1n) is 6.70. The first-order valence-corrected chi connectivity index (χ1v) is 6.70. The van der Waals surface area contributed by atoms with Crippen LogP contribution in [0.3, 0.4) is 0 Å². The summed E-state index contributed by atoms with van der Waals surface area (Å²) in [7, 11) is 3.80. The largest absolute Gasteiger partial charge is 0.357 e. The molecule has 106 valence electrons. The van der Waals surface area contributed by atoms with E-state index in [2.05, 4.69) is 42.2 Å². The molecule has 2 aromatic rings. The van der Waals surface area contributed by atoms with E-state index in [1.807, 2.05) is 7.05 Å². The number of hydrogen-bond acceptors (Lipinski definition) is 7. The lowest BCUT2D eigenvalue weighted by atomic mass is 10.2. The Morgan fingerprint density at radius 3 is 2.75 bits per heavy atom. The Bertz CT molecular complexity index is 577. The Labute approximate surface area is 117 Å². The van der Waals surface area contributed by atoms with Gasteiger partial charge < -0.3 is 10.2 Å². The zero-order valence-electron chi connectivity index (χ0n) is 11.9. The number of nitrogens with zero attached hydrogens (tertiary/aromatic N) is 7. The Morgan fingerprint density at radius 2 is 2.15 bits per heavy atom. The fraction of sp³-hybridized carbons (Fsp3) is 0.583. The lowest BCUT2D eigenvalue weighted by Gasteiger charge is -2.25. The van der Waals surface area contributed by atoms with Crippen LogP contribution in [0.1, 0.15) is 19.8 Å². The van der Waals surface area contributed by atoms with Gasteiger partial charge in [-0.2, -0.15) is 24.7 Å². The summed E-state index contributed by atoms with van der Waals surface area (Å²) in [6.45, 7) is 2.20. The topological polar surface area (TPSA) is 84.7 Å². The van der Waals surface area contributed by atoms with Gasteiger partial charge in [0.2, 0.25) is 11.9 Å². The SMILES string of the molecule is CNc1nc(N(C)C(C)C2CC2)nc(-n2cncn2)n1. The average Bonchev–Trinajstić information content (AvgIpc) is 3.19. The minimum Gasteiger partial charge on any atom is -0.357 e. The summed E-state index contributed by atoms with van der Waals surface area (Å²) < 4.78 is 1.53. The molecular weight excluding hydrogens is 256 g/mol. The molecule has 1 atom stereocenters. The van der Waals surface area contributed by atoms with E-state index in [1.165, 1.54) is 23.9 Å². The maximum Gasteiger partial charge on any atom is 0.258 e. The maximum atomic E-state index is 4.48. The van der Waals surface area contributed by atoms with Crippen molar-refractivity contribution < 1.29 is 0 Å². The van der Waals surface area contributed by atoms with Crippen LogP contribution in [0.5, 0.6) is 0 Å². The zero-order chi connectivity index (χ0) is 14.1. The van der Waals surface area contributed by atoms with E-state index in [9.17, 15) is 0 Å². The van der Waals surface area contributed by atoms with Crippen LogP contribution in [0.25, 0.3) is 5.95 Å². The number of rotatable bonds is 5. The minimum atomic E-state index is 0.422. The molecule has 1 unspecified atom stereocenters. The number of nitrogens with one attached hydrogen (secondary N) is 1. The summed E-state index contributed by atoms with van der Waals surface area (Å²) in [5.41, 5.74) is 0. The smallest absolute Gasteiger partial charge is 0.258 e. The molecule has 0 saturated heterocycles. The van der Waals surface area contributed by atoms with E-state index < -0.39 is 0 Å². The molecule has 8 heteroatoms. The fourth-order valence-electron chi connectivity index (χ4n) is 2.11. The van der Waals surface area contributed by atoms with Gasteiger partial charge in [-0.15, -0.1) is 0 Å². The van der Waals surface area contributed by atoms with Crippen LogP contribution < -0.4 is 10.2 Å². The van der Waals surface area contributed by atoms with Gasteiger partial charge in [0.15, 0.2) is 0 Å². The number of aromatic nitrogens is 6. The van der Waals surface area contributed by atoms with Crippen molar-refractivity contribution in [2.24, 2.45) is 5.92 Å². The summed E-state index contributed by atoms with van der Waals surface area (Å²) in [6, 6.07) is 0.422. The first kappa shape index (κ1) is 12.8. The van der Waals surface area contributed by atoms with Crippen LogP contribution in [0.15, 0.2) is 12.7 Å². The third-order valence-electron chi connectivity index (χ3n) is 3.69. The van der Waals surface area contributed by atoms with E-state index >= 15 is 0 Å². The molecule has 0 radical (unpaired) electrons. The highest BCUT2D eigenvalue weighted by Crippen LogP contribution is 2.35. The molecule has 1 aliphatic carbocycles. The molecule has 0 bridgehead atoms. The predicted octanol–water partition coefficient (Wildman–Crippen LogP) is 0.729. The van der Waals surface area contributed by atoms with Crippen LogP contribution in [0, 0.1) is 5.92 Å². The molecule has 1 fully saturated rings. The van der Waals surface area contributed by atoms with Gasteiger partial charge >= 0.3 is 0 Å². The van der Waals surface area contributed by atoms with Crippen LogP contribution in [0.2, 0.25) is 0 Å². The van der Waals surface area contributed by atoms with Crippen LogP contribution in [0.4, 0.5) is 11.9 Å². The summed E-state index contributed by atoms with van der Waals surface area (Å²) in [5.74, 6) is 2.38. The van der Waals surface area contributed by atoms with Gasteiger partial charge in [-0.1, -0.05) is 0 Å². The van der Waals surface area contributed by atoms with Crippen LogP contribution in [-0.2, 0) is 0 Å². The predicted molar refractivity (Wildman–Crippen MR) is 74.9 cm³/mol. The maximum absolute atomic E-state index is 4.48. The fourth-order valence-corrected chi connectivity index (χ4v) is 2.11. The van der Waals surface area contributed by atoms with Crippen LogP contribution in [-0.4, -0.2) is 49.9 Å². The molecule has 0 spiro atoms. The highest BCUT2D eigenvalue weighted by molar-refractivity contribution is 5.40. The van der Waals surface area contributed by atoms with Crippen molar-refractivity contribution in [2.75, 3.05) is 24.3 Å². The Balaban J connectivity index is 1.95. The molecule has 0 amide bonds. The Hall–Kier alpha value is -2.25. The van der Waals surface area contributed by atoms with Crippen molar-refractivity contribution in [1.29, 1.82) is 0 Å². The molecule has 2 heterocycles. The summed E-state index contributed by atoms with van der Waals surface area (Å²) in [4.78, 5) is 19.2. The number of anilines is 2. The van der Waals surface area contributed by atoms with Gasteiger partial charge in [-0.05, 0) is 25.7 Å². The van der Waals surface area contributed by atoms with Gasteiger partial charge in [0.1, 0.15) is 12.7 Å². The molecule has 1 N–H and O–H groups in total. The zero-order valence-corrected chi connectivity index (χ0v) is 11.9. The quantitative estimate of drug-likeness (QED) is 0.860. The molecule has 20 heavy (non-hydrogen) atoms. The summed E-state index contributed by atoms with van der Waals surface area (Å²) in [5, 5.41) is 7.02. The second-order valence-electron chi connectivity index (χ2n) is 5.04. The van der Waals surface area contributed by atoms with E-state index in [4.69, 9.17) is 0 Å². The molecule has 1 aliphatic rings. The van der Waals surface area contributed by atoms with E-state index in [1.54, 1.807) is 13.4 Å². The average molecular weight is 274 g/mol. The van der Waals surface area contributed by atoms with Crippen molar-refractivity contribution in [3.63, 3.8) is 0 Å². The lowest BCUT2D eigenvalue weighted by molar-refractivity contribution is 0.595. The Morgan fingerprint density at radius 1 is 1.35 bits per heavy atom. The summed E-state index contributed by atoms with van der Waals surface area (Å²) >= 11 is 0. The molecule has 0 aromatic carbocycles. The normalized spacial score (nSPS) is 15.9. The summed E-state index contributed by atoms with van der Waals surface area (Å²) in [6.07, 6.45) is 5.60. The van der Waals surface area contributed by atoms with Crippen molar-refractivity contribution in [1.82, 2.24) is 29.7 Å². The van der Waals surface area contributed by atoms with Crippen molar-refractivity contribution in [2.45, 2.75) is 25.8 Å². The highest BCUT2D eigenvalue weighted by atomic mass is 15.4. The molecular formula is C12H18N8. The van der Waals surface area contributed by atoms with Gasteiger partial charge in [-0.3, -0.25) is 0 Å². The highest BCUT2D eigenvalue weighted by Gasteiger charge is 2.31. The molecule has 1 saturated carbocycles. The van der Waals surface area contributed by atoms with Crippen molar-refractivity contribution in [3.8, 4) is 5.95 Å². The van der Waals surface area contributed by atoms with Gasteiger partial charge in [-0.25, -0.2) is 4.98 Å². The van der Waals surface area contributed by atoms with Crippen molar-refractivity contribution >= 4 is 11.9 Å². The van der Waals surface area contributed by atoms with E-state index in [-0.39, 0.29) is 0 Å². The molecule has 2 aromatic heterocycles. The standard InChI is InChI=1S/C12H18N8/c1-8(9-4-5-9)19(3)11-16-10(13-2)17-12(18-11)20-7-14-6-15-20/h6-9H,4-5H2,1-3H3,(H,13,16,17,18). The second kappa shape index (κ2) is 5.03. The molecule has 0 aliphatic heterocycles. The monoisotopic (exact) mass is 274 g/mol. The van der Waals surface area contributed by atoms with E-state index in [0.29, 0.717) is 23.9 Å². The van der Waals surface area contributed by atoms with Crippen molar-refractivity contribution in [3.05, 3.63) is 12.7 Å². The third-order valence-corrected chi connectivity index (χ3v) is 3.69. The van der Waals surface area contributed by atoms with E-state index in [0.717, 1.165) is 5.92 Å². The first-order chi connectivity index (χ1) is 9.69. The van der Waals surface area contributed by atoms with Gasteiger partial charge in [0, 0.05) is 20.1 Å². The molecule has 3 rings (SSSR count). The van der Waals surface area contributed by atoms with Gasteiger partial charge in [0.25, 0.3) is 5.95 Å². The third kappa shape index (κ3) is 2.40. The minimum absolute atomic E-state index is 0.422. The number of hydrogen-bond donors (Lipinski definition) is 1.